The third-order valence-corrected chi connectivity index (χ3v) is 2.81. The lowest BCUT2D eigenvalue weighted by Gasteiger charge is -2.22. The molecule has 1 aromatic carbocycles. The molecule has 0 aliphatic carbocycles. The summed E-state index contributed by atoms with van der Waals surface area (Å²) < 4.78 is 0. The van der Waals surface area contributed by atoms with Gasteiger partial charge in [0.05, 0.1) is 0 Å². The molecule has 80 valence electrons. The van der Waals surface area contributed by atoms with E-state index < -0.39 is 0 Å². The zero-order chi connectivity index (χ0) is 11.1. The molecule has 0 radical (unpaired) electrons. The van der Waals surface area contributed by atoms with Crippen LogP contribution < -0.4 is 5.73 Å². The number of rotatable bonds is 5. The standard InChI is InChI=1S/C14H19N/c1-3-5-11-14(15)13(4-2)12-9-7-6-8-10-12/h1,6-10,13-14H,4-5,11,15H2,2H3. The second-order valence-corrected chi connectivity index (χ2v) is 3.83. The molecule has 0 aromatic heterocycles. The lowest BCUT2D eigenvalue weighted by molar-refractivity contribution is 0.493. The molecule has 1 nitrogen and oxygen atoms in total. The topological polar surface area (TPSA) is 26.0 Å². The molecule has 0 spiro atoms. The summed E-state index contributed by atoms with van der Waals surface area (Å²) in [5.41, 5.74) is 7.47. The average molecular weight is 201 g/mol. The summed E-state index contributed by atoms with van der Waals surface area (Å²) in [6, 6.07) is 10.6. The van der Waals surface area contributed by atoms with Gasteiger partial charge < -0.3 is 5.73 Å². The largest absolute Gasteiger partial charge is 0.327 e. The molecule has 0 amide bonds. The molecule has 2 atom stereocenters. The van der Waals surface area contributed by atoms with E-state index in [1.807, 2.05) is 6.07 Å². The fraction of sp³-hybridized carbons (Fsp3) is 0.429. The van der Waals surface area contributed by atoms with E-state index in [9.17, 15) is 0 Å². The number of benzene rings is 1. The van der Waals surface area contributed by atoms with Crippen LogP contribution in [0.4, 0.5) is 0 Å². The van der Waals surface area contributed by atoms with Crippen LogP contribution in [0.1, 0.15) is 37.7 Å². The Labute approximate surface area is 92.7 Å². The average Bonchev–Trinajstić information content (AvgIpc) is 2.29. The fourth-order valence-electron chi connectivity index (χ4n) is 1.94. The van der Waals surface area contributed by atoms with E-state index in [1.54, 1.807) is 0 Å². The Morgan fingerprint density at radius 2 is 2.00 bits per heavy atom. The van der Waals surface area contributed by atoms with E-state index >= 15 is 0 Å². The molecule has 0 heterocycles. The molecule has 0 saturated carbocycles. The second-order valence-electron chi connectivity index (χ2n) is 3.83. The first kappa shape index (κ1) is 11.8. The second kappa shape index (κ2) is 6.27. The van der Waals surface area contributed by atoms with Gasteiger partial charge in [-0.15, -0.1) is 12.3 Å². The molecule has 0 bridgehead atoms. The minimum Gasteiger partial charge on any atom is -0.327 e. The van der Waals surface area contributed by atoms with Crippen LogP contribution in [0.2, 0.25) is 0 Å². The summed E-state index contributed by atoms with van der Waals surface area (Å²) in [5.74, 6) is 3.08. The third kappa shape index (κ3) is 3.42. The van der Waals surface area contributed by atoms with Crippen LogP contribution >= 0.6 is 0 Å². The van der Waals surface area contributed by atoms with E-state index in [0.29, 0.717) is 5.92 Å². The van der Waals surface area contributed by atoms with Crippen LogP contribution in [-0.2, 0) is 0 Å². The molecule has 0 aliphatic heterocycles. The van der Waals surface area contributed by atoms with Crippen molar-refractivity contribution in [2.75, 3.05) is 0 Å². The Kier molecular flexibility index (Phi) is 4.93. The van der Waals surface area contributed by atoms with E-state index in [4.69, 9.17) is 12.2 Å². The monoisotopic (exact) mass is 201 g/mol. The molecule has 2 N–H and O–H groups in total. The Bertz CT molecular complexity index is 310. The predicted molar refractivity (Wildman–Crippen MR) is 65.5 cm³/mol. The first-order chi connectivity index (χ1) is 7.29. The van der Waals surface area contributed by atoms with Gasteiger partial charge in [-0.1, -0.05) is 37.3 Å². The molecule has 2 unspecified atom stereocenters. The van der Waals surface area contributed by atoms with Gasteiger partial charge in [0, 0.05) is 12.5 Å². The third-order valence-electron chi connectivity index (χ3n) is 2.81. The summed E-state index contributed by atoms with van der Waals surface area (Å²) in [7, 11) is 0. The van der Waals surface area contributed by atoms with Crippen LogP contribution in [0.5, 0.6) is 0 Å². The molecular formula is C14H19N. The van der Waals surface area contributed by atoms with Gasteiger partial charge in [0.2, 0.25) is 0 Å². The van der Waals surface area contributed by atoms with E-state index in [-0.39, 0.29) is 6.04 Å². The molecule has 1 aromatic rings. The van der Waals surface area contributed by atoms with Crippen LogP contribution in [0, 0.1) is 12.3 Å². The highest BCUT2D eigenvalue weighted by atomic mass is 14.6. The predicted octanol–water partition coefficient (Wildman–Crippen LogP) is 2.92. The lowest BCUT2D eigenvalue weighted by atomic mass is 9.87. The Balaban J connectivity index is 2.68. The van der Waals surface area contributed by atoms with Crippen molar-refractivity contribution in [1.82, 2.24) is 0 Å². The highest BCUT2D eigenvalue weighted by molar-refractivity contribution is 5.21. The van der Waals surface area contributed by atoms with Crippen LogP contribution in [0.3, 0.4) is 0 Å². The Hall–Kier alpha value is -1.26. The van der Waals surface area contributed by atoms with Crippen molar-refractivity contribution in [3.8, 4) is 12.3 Å². The summed E-state index contributed by atoms with van der Waals surface area (Å²) >= 11 is 0. The molecule has 0 fully saturated rings. The zero-order valence-electron chi connectivity index (χ0n) is 9.32. The van der Waals surface area contributed by atoms with Crippen molar-refractivity contribution in [2.24, 2.45) is 5.73 Å². The number of hydrogen-bond acceptors (Lipinski definition) is 1. The van der Waals surface area contributed by atoms with Gasteiger partial charge in [-0.2, -0.15) is 0 Å². The minimum atomic E-state index is 0.174. The van der Waals surface area contributed by atoms with Crippen LogP contribution in [0.15, 0.2) is 30.3 Å². The SMILES string of the molecule is C#CCCC(N)C(CC)c1ccccc1. The quantitative estimate of drug-likeness (QED) is 0.728. The Morgan fingerprint density at radius 1 is 1.33 bits per heavy atom. The zero-order valence-corrected chi connectivity index (χ0v) is 9.32. The molecule has 15 heavy (non-hydrogen) atoms. The van der Waals surface area contributed by atoms with Gasteiger partial charge in [0.1, 0.15) is 0 Å². The smallest absolute Gasteiger partial charge is 0.0117 e. The van der Waals surface area contributed by atoms with Crippen molar-refractivity contribution in [3.63, 3.8) is 0 Å². The molecule has 0 saturated heterocycles. The minimum absolute atomic E-state index is 0.174. The van der Waals surface area contributed by atoms with E-state index in [2.05, 4.69) is 37.1 Å². The van der Waals surface area contributed by atoms with Crippen molar-refractivity contribution in [1.29, 1.82) is 0 Å². The summed E-state index contributed by atoms with van der Waals surface area (Å²) in [6.45, 7) is 2.17. The first-order valence-corrected chi connectivity index (χ1v) is 5.53. The van der Waals surface area contributed by atoms with Gasteiger partial charge in [-0.25, -0.2) is 0 Å². The Morgan fingerprint density at radius 3 is 2.53 bits per heavy atom. The van der Waals surface area contributed by atoms with Crippen molar-refractivity contribution in [3.05, 3.63) is 35.9 Å². The van der Waals surface area contributed by atoms with Crippen LogP contribution in [0.25, 0.3) is 0 Å². The number of terminal acetylenes is 1. The number of nitrogens with two attached hydrogens (primary N) is 1. The van der Waals surface area contributed by atoms with Gasteiger partial charge in [0.25, 0.3) is 0 Å². The van der Waals surface area contributed by atoms with Gasteiger partial charge in [-0.3, -0.25) is 0 Å². The highest BCUT2D eigenvalue weighted by Crippen LogP contribution is 2.24. The van der Waals surface area contributed by atoms with E-state index in [1.165, 1.54) is 5.56 Å². The fourth-order valence-corrected chi connectivity index (χ4v) is 1.94. The van der Waals surface area contributed by atoms with Crippen LogP contribution in [-0.4, -0.2) is 6.04 Å². The molecule has 0 aliphatic rings. The maximum Gasteiger partial charge on any atom is 0.0117 e. The number of hydrogen-bond donors (Lipinski definition) is 1. The van der Waals surface area contributed by atoms with Crippen molar-refractivity contribution < 1.29 is 0 Å². The normalized spacial score (nSPS) is 14.2. The van der Waals surface area contributed by atoms with Gasteiger partial charge >= 0.3 is 0 Å². The summed E-state index contributed by atoms with van der Waals surface area (Å²) in [5, 5.41) is 0. The van der Waals surface area contributed by atoms with Crippen molar-refractivity contribution >= 4 is 0 Å². The first-order valence-electron chi connectivity index (χ1n) is 5.53. The van der Waals surface area contributed by atoms with Crippen molar-refractivity contribution in [2.45, 2.75) is 38.1 Å². The maximum atomic E-state index is 6.15. The molecule has 1 rings (SSSR count). The maximum absolute atomic E-state index is 6.15. The lowest BCUT2D eigenvalue weighted by Crippen LogP contribution is -2.27. The summed E-state index contributed by atoms with van der Waals surface area (Å²) in [4.78, 5) is 0. The van der Waals surface area contributed by atoms with Gasteiger partial charge in [0.15, 0.2) is 0 Å². The van der Waals surface area contributed by atoms with Gasteiger partial charge in [-0.05, 0) is 24.3 Å². The highest BCUT2D eigenvalue weighted by Gasteiger charge is 2.16. The molecular weight excluding hydrogens is 182 g/mol. The van der Waals surface area contributed by atoms with E-state index in [0.717, 1.165) is 19.3 Å². The summed E-state index contributed by atoms with van der Waals surface area (Å²) in [6.07, 6.45) is 7.99. The molecule has 1 heteroatoms.